The number of rotatable bonds is 8. The molecule has 0 bridgehead atoms. The Morgan fingerprint density at radius 2 is 1.81 bits per heavy atom. The molecule has 1 fully saturated rings. The molecule has 168 valence electrons. The normalized spacial score (nSPS) is 15.5. The Kier molecular flexibility index (Phi) is 7.55. The molecule has 6 heteroatoms. The van der Waals surface area contributed by atoms with E-state index in [1.165, 1.54) is 5.69 Å². The Morgan fingerprint density at radius 1 is 1.09 bits per heavy atom. The molecule has 1 unspecified atom stereocenters. The van der Waals surface area contributed by atoms with E-state index in [0.29, 0.717) is 25.0 Å². The number of carbonyl (C=O) groups excluding carboxylic acids is 1. The molecule has 32 heavy (non-hydrogen) atoms. The predicted octanol–water partition coefficient (Wildman–Crippen LogP) is 4.63. The van der Waals surface area contributed by atoms with Crippen molar-refractivity contribution in [1.29, 1.82) is 0 Å². The van der Waals surface area contributed by atoms with Crippen molar-refractivity contribution >= 4 is 22.9 Å². The van der Waals surface area contributed by atoms with Crippen LogP contribution >= 0.6 is 11.3 Å². The highest BCUT2D eigenvalue weighted by molar-refractivity contribution is 7.09. The number of aryl methyl sites for hydroxylation is 1. The van der Waals surface area contributed by atoms with Crippen LogP contribution in [0, 0.1) is 6.92 Å². The van der Waals surface area contributed by atoms with Crippen LogP contribution in [0.15, 0.2) is 60.0 Å². The maximum atomic E-state index is 12.3. The molecule has 0 saturated carbocycles. The van der Waals surface area contributed by atoms with E-state index >= 15 is 0 Å². The van der Waals surface area contributed by atoms with Crippen LogP contribution < -0.4 is 15.5 Å². The summed E-state index contributed by atoms with van der Waals surface area (Å²) in [5.41, 5.74) is 4.55. The van der Waals surface area contributed by atoms with Gasteiger partial charge in [0.2, 0.25) is 5.91 Å². The van der Waals surface area contributed by atoms with Gasteiger partial charge < -0.3 is 15.5 Å². The first-order valence-electron chi connectivity index (χ1n) is 11.4. The van der Waals surface area contributed by atoms with Crippen LogP contribution in [0.25, 0.3) is 0 Å². The van der Waals surface area contributed by atoms with Crippen molar-refractivity contribution < 1.29 is 4.79 Å². The van der Waals surface area contributed by atoms with Gasteiger partial charge in [-0.1, -0.05) is 42.5 Å². The molecule has 2 N–H and O–H groups in total. The summed E-state index contributed by atoms with van der Waals surface area (Å²) in [6, 6.07) is 19.3. The fourth-order valence-corrected chi connectivity index (χ4v) is 4.90. The lowest BCUT2D eigenvalue weighted by Gasteiger charge is -2.35. The van der Waals surface area contributed by atoms with Crippen molar-refractivity contribution in [2.75, 3.05) is 18.0 Å². The molecule has 1 aliphatic heterocycles. The summed E-state index contributed by atoms with van der Waals surface area (Å²) in [6.45, 7) is 6.91. The van der Waals surface area contributed by atoms with E-state index in [-0.39, 0.29) is 5.91 Å². The van der Waals surface area contributed by atoms with Gasteiger partial charge in [0.25, 0.3) is 0 Å². The van der Waals surface area contributed by atoms with E-state index in [1.54, 1.807) is 11.3 Å². The molecule has 0 aliphatic carbocycles. The average molecular weight is 449 g/mol. The molecule has 0 spiro atoms. The minimum atomic E-state index is 0.0536. The van der Waals surface area contributed by atoms with Gasteiger partial charge in [0.15, 0.2) is 0 Å². The highest BCUT2D eigenvalue weighted by atomic mass is 32.1. The summed E-state index contributed by atoms with van der Waals surface area (Å²) in [6.07, 6.45) is 2.65. The fraction of sp³-hybridized carbons (Fsp3) is 0.385. The highest BCUT2D eigenvalue weighted by Gasteiger charge is 2.22. The number of hydrogen-bond donors (Lipinski definition) is 2. The second kappa shape index (κ2) is 10.7. The summed E-state index contributed by atoms with van der Waals surface area (Å²) >= 11 is 1.71. The van der Waals surface area contributed by atoms with Gasteiger partial charge in [-0.15, -0.1) is 11.3 Å². The molecule has 1 saturated heterocycles. The van der Waals surface area contributed by atoms with Crippen molar-refractivity contribution in [3.05, 3.63) is 81.8 Å². The van der Waals surface area contributed by atoms with E-state index in [2.05, 4.69) is 64.0 Å². The van der Waals surface area contributed by atoms with Crippen molar-refractivity contribution in [3.8, 4) is 0 Å². The molecule has 5 nitrogen and oxygen atoms in total. The maximum absolute atomic E-state index is 12.3. The minimum Gasteiger partial charge on any atom is -0.371 e. The maximum Gasteiger partial charge on any atom is 0.224 e. The quantitative estimate of drug-likeness (QED) is 0.528. The molecule has 1 aromatic heterocycles. The zero-order valence-corrected chi connectivity index (χ0v) is 19.7. The first-order valence-corrected chi connectivity index (χ1v) is 12.3. The van der Waals surface area contributed by atoms with Crippen LogP contribution in [0.4, 0.5) is 5.69 Å². The Labute approximate surface area is 194 Å². The predicted molar refractivity (Wildman–Crippen MR) is 132 cm³/mol. The van der Waals surface area contributed by atoms with Crippen LogP contribution in [0.3, 0.4) is 0 Å². The van der Waals surface area contributed by atoms with E-state index in [1.807, 2.05) is 30.3 Å². The molecule has 1 aliphatic rings. The molecule has 2 aromatic carbocycles. The monoisotopic (exact) mass is 448 g/mol. The molecule has 0 radical (unpaired) electrons. The third kappa shape index (κ3) is 6.17. The van der Waals surface area contributed by atoms with Crippen molar-refractivity contribution in [2.24, 2.45) is 0 Å². The van der Waals surface area contributed by atoms with Crippen LogP contribution in [0.5, 0.6) is 0 Å². The standard InChI is InChI=1S/C26H32N4OS/c1-19(25-18-32-20(2)29-25)28-23-12-14-30(15-13-23)24-10-8-21(9-11-24)16-26(31)27-17-22-6-4-3-5-7-22/h3-11,18-19,23,28H,12-17H2,1-2H3,(H,27,31). The van der Waals surface area contributed by atoms with Crippen LogP contribution in [-0.2, 0) is 17.8 Å². The number of thiazole rings is 1. The number of aromatic nitrogens is 1. The Bertz CT molecular complexity index is 994. The van der Waals surface area contributed by atoms with Crippen LogP contribution in [-0.4, -0.2) is 30.0 Å². The van der Waals surface area contributed by atoms with Crippen LogP contribution in [0.2, 0.25) is 0 Å². The largest absolute Gasteiger partial charge is 0.371 e. The Hall–Kier alpha value is -2.70. The van der Waals surface area contributed by atoms with Gasteiger partial charge in [0, 0.05) is 42.8 Å². The number of benzene rings is 2. The number of carbonyl (C=O) groups is 1. The molecular weight excluding hydrogens is 416 g/mol. The van der Waals surface area contributed by atoms with Gasteiger partial charge in [-0.25, -0.2) is 4.98 Å². The smallest absolute Gasteiger partial charge is 0.224 e. The van der Waals surface area contributed by atoms with Gasteiger partial charge in [-0.2, -0.15) is 0 Å². The number of nitrogens with one attached hydrogen (secondary N) is 2. The number of piperidine rings is 1. The molecule has 3 aromatic rings. The first kappa shape index (κ1) is 22.5. The molecular formula is C26H32N4OS. The van der Waals surface area contributed by atoms with Gasteiger partial charge in [-0.05, 0) is 49.9 Å². The van der Waals surface area contributed by atoms with Crippen molar-refractivity contribution in [3.63, 3.8) is 0 Å². The highest BCUT2D eigenvalue weighted by Crippen LogP contribution is 2.23. The Balaban J connectivity index is 1.22. The van der Waals surface area contributed by atoms with E-state index in [0.717, 1.165) is 47.8 Å². The summed E-state index contributed by atoms with van der Waals surface area (Å²) in [4.78, 5) is 19.3. The second-order valence-electron chi connectivity index (χ2n) is 8.55. The lowest BCUT2D eigenvalue weighted by Crippen LogP contribution is -2.43. The third-order valence-electron chi connectivity index (χ3n) is 6.06. The van der Waals surface area contributed by atoms with E-state index in [4.69, 9.17) is 0 Å². The first-order chi connectivity index (χ1) is 15.6. The number of anilines is 1. The van der Waals surface area contributed by atoms with Gasteiger partial charge >= 0.3 is 0 Å². The summed E-state index contributed by atoms with van der Waals surface area (Å²) in [5, 5.41) is 10.0. The molecule has 2 heterocycles. The van der Waals surface area contributed by atoms with Gasteiger partial charge in [0.05, 0.1) is 17.1 Å². The summed E-state index contributed by atoms with van der Waals surface area (Å²) in [5.74, 6) is 0.0536. The fourth-order valence-electron chi connectivity index (χ4n) is 4.19. The van der Waals surface area contributed by atoms with Crippen molar-refractivity contribution in [2.45, 2.75) is 51.7 Å². The lowest BCUT2D eigenvalue weighted by molar-refractivity contribution is -0.120. The number of nitrogens with zero attached hydrogens (tertiary/aromatic N) is 2. The molecule has 1 amide bonds. The van der Waals surface area contributed by atoms with Gasteiger partial charge in [0.1, 0.15) is 0 Å². The van der Waals surface area contributed by atoms with E-state index < -0.39 is 0 Å². The van der Waals surface area contributed by atoms with Crippen LogP contribution in [0.1, 0.15) is 47.6 Å². The van der Waals surface area contributed by atoms with Gasteiger partial charge in [-0.3, -0.25) is 4.79 Å². The SMILES string of the molecule is Cc1nc(C(C)NC2CCN(c3ccc(CC(=O)NCc4ccccc4)cc3)CC2)cs1. The topological polar surface area (TPSA) is 57.3 Å². The zero-order valence-electron chi connectivity index (χ0n) is 18.9. The molecule has 4 rings (SSSR count). The number of amides is 1. The lowest BCUT2D eigenvalue weighted by atomic mass is 10.0. The second-order valence-corrected chi connectivity index (χ2v) is 9.61. The molecule has 1 atom stereocenters. The van der Waals surface area contributed by atoms with E-state index in [9.17, 15) is 4.79 Å². The Morgan fingerprint density at radius 3 is 2.47 bits per heavy atom. The zero-order chi connectivity index (χ0) is 22.3. The number of hydrogen-bond acceptors (Lipinski definition) is 5. The van der Waals surface area contributed by atoms with Crippen molar-refractivity contribution in [1.82, 2.24) is 15.6 Å². The summed E-state index contributed by atoms with van der Waals surface area (Å²) in [7, 11) is 0. The summed E-state index contributed by atoms with van der Waals surface area (Å²) < 4.78 is 0. The third-order valence-corrected chi connectivity index (χ3v) is 6.85. The average Bonchev–Trinajstić information content (AvgIpc) is 3.26. The minimum absolute atomic E-state index is 0.0536.